The highest BCUT2D eigenvalue weighted by atomic mass is 32.2. The van der Waals surface area contributed by atoms with Crippen molar-refractivity contribution in [1.29, 1.82) is 0 Å². The van der Waals surface area contributed by atoms with Crippen LogP contribution in [0.2, 0.25) is 0 Å². The van der Waals surface area contributed by atoms with Crippen LogP contribution in [0, 0.1) is 18.2 Å². The molecule has 24 heavy (non-hydrogen) atoms. The summed E-state index contributed by atoms with van der Waals surface area (Å²) in [6, 6.07) is 11.7. The van der Waals surface area contributed by atoms with E-state index in [4.69, 9.17) is 6.42 Å². The summed E-state index contributed by atoms with van der Waals surface area (Å²) in [4.78, 5) is 18.1. The topological polar surface area (TPSA) is 34.4 Å². The number of terminal acetylenes is 1. The molecule has 0 aliphatic carbocycles. The number of thioether (sulfide) groups is 1. The lowest BCUT2D eigenvalue weighted by Gasteiger charge is -2.00. The van der Waals surface area contributed by atoms with Crippen LogP contribution in [0.25, 0.3) is 10.2 Å². The van der Waals surface area contributed by atoms with Gasteiger partial charge in [0.25, 0.3) is 5.91 Å². The average molecular weight is 356 g/mol. The Morgan fingerprint density at radius 1 is 1.33 bits per heavy atom. The molecular weight excluding hydrogens is 343 g/mol. The Morgan fingerprint density at radius 2 is 2.08 bits per heavy atom. The number of benzene rings is 2. The molecule has 0 radical (unpaired) electrons. The molecule has 0 N–H and O–H groups in total. The number of carbonyl (C=O) groups excluding carboxylic acids is 1. The third kappa shape index (κ3) is 3.28. The monoisotopic (exact) mass is 356 g/mol. The van der Waals surface area contributed by atoms with Crippen molar-refractivity contribution in [2.45, 2.75) is 11.4 Å². The third-order valence-corrected chi connectivity index (χ3v) is 5.21. The molecule has 3 rings (SSSR count). The molecule has 0 unspecified atom stereocenters. The molecule has 0 aliphatic rings. The number of nitrogens with zero attached hydrogens (tertiary/aromatic N) is 2. The summed E-state index contributed by atoms with van der Waals surface area (Å²) in [6.45, 7) is 0.267. The zero-order valence-electron chi connectivity index (χ0n) is 12.8. The second-order valence-corrected chi connectivity index (χ2v) is 6.82. The Bertz CT molecular complexity index is 1010. The van der Waals surface area contributed by atoms with Crippen molar-refractivity contribution in [3.63, 3.8) is 0 Å². The molecule has 1 heterocycles. The second kappa shape index (κ2) is 7.04. The molecule has 0 aliphatic heterocycles. The number of carbonyl (C=O) groups is 1. The molecule has 3 aromatic rings. The number of fused-ring (bicyclic) bond motifs is 1. The summed E-state index contributed by atoms with van der Waals surface area (Å²) >= 11 is 2.85. The SMILES string of the molecule is C#CCn1c(=NC(=O)c2ccc(SC)cc2)sc2cc(F)ccc21. The summed E-state index contributed by atoms with van der Waals surface area (Å²) in [5.41, 5.74) is 1.27. The van der Waals surface area contributed by atoms with E-state index in [9.17, 15) is 9.18 Å². The number of aromatic nitrogens is 1. The molecule has 0 atom stereocenters. The fraction of sp³-hybridized carbons (Fsp3) is 0.111. The van der Waals surface area contributed by atoms with E-state index < -0.39 is 0 Å². The van der Waals surface area contributed by atoms with Crippen LogP contribution in [0.15, 0.2) is 52.4 Å². The predicted octanol–water partition coefficient (Wildman–Crippen LogP) is 3.94. The van der Waals surface area contributed by atoms with Gasteiger partial charge in [0.05, 0.1) is 16.8 Å². The highest BCUT2D eigenvalue weighted by Gasteiger charge is 2.09. The van der Waals surface area contributed by atoms with Crippen LogP contribution in [0.5, 0.6) is 0 Å². The van der Waals surface area contributed by atoms with E-state index in [1.54, 1.807) is 34.5 Å². The normalized spacial score (nSPS) is 11.6. The maximum Gasteiger partial charge on any atom is 0.279 e. The van der Waals surface area contributed by atoms with Gasteiger partial charge in [-0.2, -0.15) is 4.99 Å². The van der Waals surface area contributed by atoms with E-state index in [0.717, 1.165) is 10.4 Å². The Hall–Kier alpha value is -2.36. The molecule has 6 heteroatoms. The molecule has 1 amide bonds. The van der Waals surface area contributed by atoms with Gasteiger partial charge in [-0.05, 0) is 48.7 Å². The van der Waals surface area contributed by atoms with Crippen LogP contribution in [0.4, 0.5) is 4.39 Å². The number of hydrogen-bond donors (Lipinski definition) is 0. The largest absolute Gasteiger partial charge is 0.305 e. The smallest absolute Gasteiger partial charge is 0.279 e. The molecule has 1 aromatic heterocycles. The zero-order valence-corrected chi connectivity index (χ0v) is 14.5. The van der Waals surface area contributed by atoms with E-state index in [0.29, 0.717) is 15.1 Å². The van der Waals surface area contributed by atoms with E-state index in [1.165, 1.54) is 23.5 Å². The van der Waals surface area contributed by atoms with Gasteiger partial charge < -0.3 is 4.57 Å². The summed E-state index contributed by atoms with van der Waals surface area (Å²) < 4.78 is 15.9. The lowest BCUT2D eigenvalue weighted by Crippen LogP contribution is -2.16. The zero-order chi connectivity index (χ0) is 17.1. The minimum atomic E-state index is -0.347. The van der Waals surface area contributed by atoms with Gasteiger partial charge in [0.15, 0.2) is 4.80 Å². The van der Waals surface area contributed by atoms with Crippen molar-refractivity contribution < 1.29 is 9.18 Å². The first-order valence-corrected chi connectivity index (χ1v) is 9.12. The number of rotatable bonds is 3. The Balaban J connectivity index is 2.09. The maximum atomic E-state index is 13.4. The first-order valence-electron chi connectivity index (χ1n) is 7.08. The standard InChI is InChI=1S/C18H13FN2OS2/c1-3-10-21-15-9-6-13(19)11-16(15)24-18(21)20-17(22)12-4-7-14(23-2)8-5-12/h1,4-9,11H,10H2,2H3. The van der Waals surface area contributed by atoms with Crippen LogP contribution < -0.4 is 4.80 Å². The maximum absolute atomic E-state index is 13.4. The van der Waals surface area contributed by atoms with Gasteiger partial charge in [-0.25, -0.2) is 4.39 Å². The fourth-order valence-corrected chi connectivity index (χ4v) is 3.72. The minimum absolute atomic E-state index is 0.267. The molecule has 2 aromatic carbocycles. The fourth-order valence-electron chi connectivity index (χ4n) is 2.26. The van der Waals surface area contributed by atoms with Crippen molar-refractivity contribution in [3.05, 3.63) is 58.6 Å². The second-order valence-electron chi connectivity index (χ2n) is 4.93. The molecule has 3 nitrogen and oxygen atoms in total. The highest BCUT2D eigenvalue weighted by molar-refractivity contribution is 7.98. The lowest BCUT2D eigenvalue weighted by atomic mass is 10.2. The minimum Gasteiger partial charge on any atom is -0.305 e. The Labute approximate surface area is 146 Å². The molecule has 120 valence electrons. The summed E-state index contributed by atoms with van der Waals surface area (Å²) in [6.07, 6.45) is 7.39. The quantitative estimate of drug-likeness (QED) is 0.526. The van der Waals surface area contributed by atoms with Crippen molar-refractivity contribution in [3.8, 4) is 12.3 Å². The third-order valence-electron chi connectivity index (χ3n) is 3.43. The molecule has 0 saturated heterocycles. The Kier molecular flexibility index (Phi) is 4.84. The number of hydrogen-bond acceptors (Lipinski definition) is 3. The first-order chi connectivity index (χ1) is 11.6. The molecular formula is C18H13FN2OS2. The highest BCUT2D eigenvalue weighted by Crippen LogP contribution is 2.19. The molecule has 0 saturated carbocycles. The molecule has 0 bridgehead atoms. The number of amides is 1. The van der Waals surface area contributed by atoms with Crippen LogP contribution in [-0.4, -0.2) is 16.7 Å². The van der Waals surface area contributed by atoms with Crippen LogP contribution in [0.3, 0.4) is 0 Å². The molecule has 0 spiro atoms. The van der Waals surface area contributed by atoms with Crippen molar-refractivity contribution in [2.24, 2.45) is 4.99 Å². The number of halogens is 1. The van der Waals surface area contributed by atoms with Crippen molar-refractivity contribution >= 4 is 39.2 Å². The van der Waals surface area contributed by atoms with Crippen LogP contribution >= 0.6 is 23.1 Å². The van der Waals surface area contributed by atoms with E-state index in [1.807, 2.05) is 18.4 Å². The lowest BCUT2D eigenvalue weighted by molar-refractivity contribution is 0.0998. The van der Waals surface area contributed by atoms with Crippen molar-refractivity contribution in [2.75, 3.05) is 6.26 Å². The first kappa shape index (κ1) is 16.5. The van der Waals surface area contributed by atoms with Gasteiger partial charge in [0, 0.05) is 10.5 Å². The van der Waals surface area contributed by atoms with E-state index in [2.05, 4.69) is 10.9 Å². The van der Waals surface area contributed by atoms with Gasteiger partial charge in [-0.15, -0.1) is 18.2 Å². The van der Waals surface area contributed by atoms with Crippen molar-refractivity contribution in [1.82, 2.24) is 4.57 Å². The Morgan fingerprint density at radius 3 is 2.75 bits per heavy atom. The van der Waals surface area contributed by atoms with Gasteiger partial charge in [-0.3, -0.25) is 4.79 Å². The van der Waals surface area contributed by atoms with E-state index in [-0.39, 0.29) is 18.3 Å². The van der Waals surface area contributed by atoms with Crippen LogP contribution in [0.1, 0.15) is 10.4 Å². The van der Waals surface area contributed by atoms with Gasteiger partial charge >= 0.3 is 0 Å². The molecule has 0 fully saturated rings. The summed E-state index contributed by atoms with van der Waals surface area (Å²) in [7, 11) is 0. The van der Waals surface area contributed by atoms with Gasteiger partial charge in [0.2, 0.25) is 0 Å². The average Bonchev–Trinajstić information content (AvgIpc) is 2.91. The number of thiazole rings is 1. The predicted molar refractivity (Wildman–Crippen MR) is 96.7 cm³/mol. The van der Waals surface area contributed by atoms with E-state index >= 15 is 0 Å². The summed E-state index contributed by atoms with van der Waals surface area (Å²) in [5, 5.41) is 0. The van der Waals surface area contributed by atoms with Gasteiger partial charge in [-0.1, -0.05) is 17.3 Å². The van der Waals surface area contributed by atoms with Gasteiger partial charge in [0.1, 0.15) is 5.82 Å². The summed E-state index contributed by atoms with van der Waals surface area (Å²) in [5.74, 6) is 1.87. The van der Waals surface area contributed by atoms with Crippen LogP contribution in [-0.2, 0) is 6.54 Å².